The van der Waals surface area contributed by atoms with Crippen molar-refractivity contribution in [2.24, 2.45) is 11.1 Å². The molecule has 1 atom stereocenters. The minimum atomic E-state index is -3.35. The summed E-state index contributed by atoms with van der Waals surface area (Å²) in [4.78, 5) is 0. The van der Waals surface area contributed by atoms with Gasteiger partial charge in [-0.1, -0.05) is 19.0 Å². The summed E-state index contributed by atoms with van der Waals surface area (Å²) in [5, 5.41) is 11.8. The molecule has 0 amide bonds. The number of rotatable bonds is 3. The van der Waals surface area contributed by atoms with Crippen LogP contribution in [0.15, 0.2) is 5.16 Å². The number of piperidine rings is 1. The van der Waals surface area contributed by atoms with Gasteiger partial charge in [-0.15, -0.1) is 0 Å². The van der Waals surface area contributed by atoms with Gasteiger partial charge < -0.3 is 5.21 Å². The van der Waals surface area contributed by atoms with E-state index in [0.29, 0.717) is 31.8 Å². The average molecular weight is 235 g/mol. The zero-order valence-corrected chi connectivity index (χ0v) is 9.79. The third-order valence-electron chi connectivity index (χ3n) is 2.46. The van der Waals surface area contributed by atoms with Crippen molar-refractivity contribution < 1.29 is 13.6 Å². The molecule has 7 heteroatoms. The number of nitrogens with one attached hydrogen (secondary N) is 1. The van der Waals surface area contributed by atoms with E-state index < -0.39 is 10.2 Å². The Hall–Kier alpha value is -0.660. The monoisotopic (exact) mass is 235 g/mol. The molecule has 0 aromatic carbocycles. The van der Waals surface area contributed by atoms with Gasteiger partial charge in [-0.2, -0.15) is 12.7 Å². The van der Waals surface area contributed by atoms with E-state index in [1.807, 2.05) is 6.92 Å². The second kappa shape index (κ2) is 4.91. The Bertz CT molecular complexity index is 339. The van der Waals surface area contributed by atoms with E-state index in [2.05, 4.69) is 9.88 Å². The lowest BCUT2D eigenvalue weighted by Crippen LogP contribution is -2.48. The molecular formula is C8H17N3O3S. The Labute approximate surface area is 90.1 Å². The highest BCUT2D eigenvalue weighted by Crippen LogP contribution is 2.15. The van der Waals surface area contributed by atoms with E-state index in [-0.39, 0.29) is 5.92 Å². The zero-order valence-electron chi connectivity index (χ0n) is 8.97. The molecule has 0 aromatic heterocycles. The van der Waals surface area contributed by atoms with E-state index >= 15 is 0 Å². The summed E-state index contributed by atoms with van der Waals surface area (Å²) in [7, 11) is -3.35. The van der Waals surface area contributed by atoms with Gasteiger partial charge in [-0.05, 0) is 0 Å². The van der Waals surface area contributed by atoms with E-state index in [9.17, 15) is 8.42 Å². The van der Waals surface area contributed by atoms with Gasteiger partial charge >= 0.3 is 0 Å². The summed E-state index contributed by atoms with van der Waals surface area (Å²) in [6, 6.07) is 0. The van der Waals surface area contributed by atoms with Crippen LogP contribution in [-0.2, 0) is 10.2 Å². The maximum Gasteiger partial charge on any atom is 0.279 e. The van der Waals surface area contributed by atoms with Crippen LogP contribution in [0, 0.1) is 5.92 Å². The maximum absolute atomic E-state index is 11.6. The first kappa shape index (κ1) is 12.4. The summed E-state index contributed by atoms with van der Waals surface area (Å²) in [5.41, 5.74) is 0.665. The number of hydrogen-bond donors (Lipinski definition) is 2. The van der Waals surface area contributed by atoms with Gasteiger partial charge in [0.1, 0.15) is 0 Å². The van der Waals surface area contributed by atoms with Crippen molar-refractivity contribution in [2.75, 3.05) is 19.6 Å². The van der Waals surface area contributed by atoms with Crippen molar-refractivity contribution in [2.45, 2.75) is 20.3 Å². The highest BCUT2D eigenvalue weighted by atomic mass is 32.2. The van der Waals surface area contributed by atoms with Crippen LogP contribution in [0.2, 0.25) is 0 Å². The predicted molar refractivity (Wildman–Crippen MR) is 57.2 cm³/mol. The van der Waals surface area contributed by atoms with Crippen molar-refractivity contribution in [3.05, 3.63) is 0 Å². The zero-order chi connectivity index (χ0) is 11.5. The highest BCUT2D eigenvalue weighted by Gasteiger charge is 2.29. The van der Waals surface area contributed by atoms with E-state index in [0.717, 1.165) is 0 Å². The standard InChI is InChI=1S/C8H17N3O3S/c1-3-9-15(13,14)11-5-4-8(10-12)7(2)6-11/h7,9,12H,3-6H2,1-2H3. The summed E-state index contributed by atoms with van der Waals surface area (Å²) in [6.07, 6.45) is 0.488. The maximum atomic E-state index is 11.6. The number of oxime groups is 1. The quantitative estimate of drug-likeness (QED) is 0.534. The molecule has 1 aliphatic rings. The molecule has 1 rings (SSSR count). The van der Waals surface area contributed by atoms with Gasteiger partial charge in [-0.3, -0.25) is 0 Å². The summed E-state index contributed by atoms with van der Waals surface area (Å²) < 4.78 is 27.1. The first-order valence-corrected chi connectivity index (χ1v) is 6.40. The lowest BCUT2D eigenvalue weighted by Gasteiger charge is -2.30. The summed E-state index contributed by atoms with van der Waals surface area (Å²) in [5.74, 6) is -0.0304. The smallest absolute Gasteiger partial charge is 0.279 e. The molecule has 1 unspecified atom stereocenters. The topological polar surface area (TPSA) is 82.0 Å². The molecule has 0 aromatic rings. The van der Waals surface area contributed by atoms with Crippen LogP contribution in [0.3, 0.4) is 0 Å². The van der Waals surface area contributed by atoms with E-state index in [1.54, 1.807) is 6.92 Å². The Balaban J connectivity index is 2.70. The molecule has 1 saturated heterocycles. The van der Waals surface area contributed by atoms with E-state index in [1.165, 1.54) is 4.31 Å². The molecule has 1 aliphatic heterocycles. The fourth-order valence-corrected chi connectivity index (χ4v) is 2.93. The van der Waals surface area contributed by atoms with Gasteiger partial charge in [0.25, 0.3) is 10.2 Å². The first-order valence-electron chi connectivity index (χ1n) is 4.96. The van der Waals surface area contributed by atoms with Crippen molar-refractivity contribution >= 4 is 15.9 Å². The third-order valence-corrected chi connectivity index (χ3v) is 4.12. The minimum Gasteiger partial charge on any atom is -0.411 e. The molecule has 1 heterocycles. The van der Waals surface area contributed by atoms with Crippen LogP contribution in [0.25, 0.3) is 0 Å². The minimum absolute atomic E-state index is 0.0304. The molecule has 0 saturated carbocycles. The lowest BCUT2D eigenvalue weighted by atomic mass is 10.00. The Kier molecular flexibility index (Phi) is 4.06. The Morgan fingerprint density at radius 2 is 2.33 bits per heavy atom. The van der Waals surface area contributed by atoms with E-state index in [4.69, 9.17) is 5.21 Å². The first-order chi connectivity index (χ1) is 7.01. The molecule has 0 radical (unpaired) electrons. The van der Waals surface area contributed by atoms with Crippen LogP contribution in [0.5, 0.6) is 0 Å². The molecule has 88 valence electrons. The van der Waals surface area contributed by atoms with Crippen LogP contribution < -0.4 is 4.72 Å². The fourth-order valence-electron chi connectivity index (χ4n) is 1.63. The predicted octanol–water partition coefficient (Wildman–Crippen LogP) is 0.0127. The average Bonchev–Trinajstić information content (AvgIpc) is 2.17. The normalized spacial score (nSPS) is 27.1. The molecule has 15 heavy (non-hydrogen) atoms. The van der Waals surface area contributed by atoms with Gasteiger partial charge in [0.15, 0.2) is 0 Å². The van der Waals surface area contributed by atoms with Gasteiger partial charge in [0.2, 0.25) is 0 Å². The van der Waals surface area contributed by atoms with Crippen molar-refractivity contribution in [3.8, 4) is 0 Å². The molecular weight excluding hydrogens is 218 g/mol. The van der Waals surface area contributed by atoms with Crippen molar-refractivity contribution in [1.29, 1.82) is 0 Å². The van der Waals surface area contributed by atoms with Gasteiger partial charge in [0.05, 0.1) is 5.71 Å². The second-order valence-corrected chi connectivity index (χ2v) is 5.36. The molecule has 1 fully saturated rings. The molecule has 0 aliphatic carbocycles. The Morgan fingerprint density at radius 3 is 2.80 bits per heavy atom. The van der Waals surface area contributed by atoms with Crippen molar-refractivity contribution in [1.82, 2.24) is 9.03 Å². The number of hydrogen-bond acceptors (Lipinski definition) is 4. The molecule has 2 N–H and O–H groups in total. The van der Waals surface area contributed by atoms with Crippen LogP contribution in [0.1, 0.15) is 20.3 Å². The lowest BCUT2D eigenvalue weighted by molar-refractivity contribution is 0.299. The third kappa shape index (κ3) is 2.90. The van der Waals surface area contributed by atoms with Crippen LogP contribution >= 0.6 is 0 Å². The fraction of sp³-hybridized carbons (Fsp3) is 0.875. The highest BCUT2D eigenvalue weighted by molar-refractivity contribution is 7.87. The second-order valence-electron chi connectivity index (χ2n) is 3.60. The summed E-state index contributed by atoms with van der Waals surface area (Å²) in [6.45, 7) is 4.72. The molecule has 6 nitrogen and oxygen atoms in total. The van der Waals surface area contributed by atoms with Gasteiger partial charge in [0, 0.05) is 32.0 Å². The van der Waals surface area contributed by atoms with Crippen molar-refractivity contribution in [3.63, 3.8) is 0 Å². The molecule has 0 bridgehead atoms. The number of nitrogens with zero attached hydrogens (tertiary/aromatic N) is 2. The SMILES string of the molecule is CCNS(=O)(=O)N1CCC(=NO)C(C)C1. The summed E-state index contributed by atoms with van der Waals surface area (Å²) >= 11 is 0. The van der Waals surface area contributed by atoms with Crippen LogP contribution in [-0.4, -0.2) is 43.3 Å². The van der Waals surface area contributed by atoms with Gasteiger partial charge in [-0.25, -0.2) is 4.72 Å². The molecule has 0 spiro atoms. The van der Waals surface area contributed by atoms with Crippen LogP contribution in [0.4, 0.5) is 0 Å². The Morgan fingerprint density at radius 1 is 1.67 bits per heavy atom. The largest absolute Gasteiger partial charge is 0.411 e.